The zero-order valence-corrected chi connectivity index (χ0v) is 26.1. The van der Waals surface area contributed by atoms with Crippen LogP contribution in [0.25, 0.3) is 11.0 Å². The number of aryl methyl sites for hydroxylation is 1. The number of amides is 1. The molecule has 0 bridgehead atoms. The molecule has 1 aliphatic heterocycles. The molecule has 0 radical (unpaired) electrons. The van der Waals surface area contributed by atoms with Crippen LogP contribution in [0.4, 0.5) is 16.4 Å². The molecule has 0 saturated carbocycles. The Bertz CT molecular complexity index is 1340. The minimum absolute atomic E-state index is 0.0288. The number of nitrogens with zero attached hydrogens (tertiary/aromatic N) is 8. The smallest absolute Gasteiger partial charge is 0.427 e. The van der Waals surface area contributed by atoms with E-state index in [2.05, 4.69) is 40.6 Å². The lowest BCUT2D eigenvalue weighted by Gasteiger charge is -2.26. The molecule has 0 aliphatic carbocycles. The molecule has 1 aliphatic rings. The average Bonchev–Trinajstić information content (AvgIpc) is 3.52. The van der Waals surface area contributed by atoms with E-state index in [1.165, 1.54) is 15.3 Å². The van der Waals surface area contributed by atoms with Crippen LogP contribution in [-0.4, -0.2) is 79.7 Å². The van der Waals surface area contributed by atoms with Gasteiger partial charge in [-0.25, -0.2) is 9.80 Å². The third kappa shape index (κ3) is 7.61. The maximum atomic E-state index is 12.7. The first-order chi connectivity index (χ1) is 18.7. The number of hydrogen-bond donors (Lipinski definition) is 2. The third-order valence-electron chi connectivity index (χ3n) is 5.76. The second-order valence-corrected chi connectivity index (χ2v) is 17.7. The molecule has 1 fully saturated rings. The van der Waals surface area contributed by atoms with Gasteiger partial charge in [-0.1, -0.05) is 31.2 Å². The van der Waals surface area contributed by atoms with Gasteiger partial charge in [0.05, 0.1) is 16.9 Å². The van der Waals surface area contributed by atoms with E-state index < -0.39 is 19.8 Å². The molecule has 0 atom stereocenters. The molecule has 4 heterocycles. The van der Waals surface area contributed by atoms with E-state index >= 15 is 0 Å². The van der Waals surface area contributed by atoms with Gasteiger partial charge in [0.1, 0.15) is 24.4 Å². The number of nitrogens with one attached hydrogen (secondary N) is 2. The van der Waals surface area contributed by atoms with Crippen LogP contribution < -0.4 is 15.7 Å². The predicted octanol–water partition coefficient (Wildman–Crippen LogP) is 4.43. The van der Waals surface area contributed by atoms with Gasteiger partial charge in [0, 0.05) is 40.7 Å². The van der Waals surface area contributed by atoms with Crippen molar-refractivity contribution in [1.29, 1.82) is 0 Å². The van der Waals surface area contributed by atoms with E-state index in [-0.39, 0.29) is 25.2 Å². The number of carbonyl (C=O) groups is 1. The fourth-order valence-electron chi connectivity index (χ4n) is 3.71. The normalized spacial score (nSPS) is 15.3. The highest BCUT2D eigenvalue weighted by atomic mass is 35.5. The fourth-order valence-corrected chi connectivity index (χ4v) is 4.75. The summed E-state index contributed by atoms with van der Waals surface area (Å²) in [7, 11) is 0.432. The Balaban J connectivity index is 1.61. The van der Waals surface area contributed by atoms with Crippen molar-refractivity contribution in [3.05, 3.63) is 23.6 Å². The van der Waals surface area contributed by atoms with Gasteiger partial charge in [-0.05, 0) is 38.9 Å². The Kier molecular flexibility index (Phi) is 8.92. The summed E-state index contributed by atoms with van der Waals surface area (Å²) < 4.78 is 15.1. The quantitative estimate of drug-likeness (QED) is 0.256. The van der Waals surface area contributed by atoms with Crippen molar-refractivity contribution in [1.82, 2.24) is 45.1 Å². The maximum absolute atomic E-state index is 12.7. The molecule has 1 saturated heterocycles. The average molecular weight is 595 g/mol. The first-order valence-electron chi connectivity index (χ1n) is 13.1. The van der Waals surface area contributed by atoms with Crippen molar-refractivity contribution in [3.63, 3.8) is 0 Å². The first kappa shape index (κ1) is 30.0. The van der Waals surface area contributed by atoms with Crippen LogP contribution in [0.1, 0.15) is 27.7 Å². The topological polar surface area (TPSA) is 127 Å². The highest BCUT2D eigenvalue weighted by Crippen LogP contribution is 2.34. The molecule has 14 nitrogen and oxygen atoms in total. The second-order valence-electron chi connectivity index (χ2n) is 11.7. The largest absolute Gasteiger partial charge is 0.443 e. The van der Waals surface area contributed by atoms with Crippen molar-refractivity contribution in [2.45, 2.75) is 72.3 Å². The number of anilines is 2. The molecule has 3 aromatic heterocycles. The Morgan fingerprint density at radius 1 is 1.23 bits per heavy atom. The van der Waals surface area contributed by atoms with Gasteiger partial charge in [-0.2, -0.15) is 15.1 Å². The highest BCUT2D eigenvalue weighted by Gasteiger charge is 2.35. The van der Waals surface area contributed by atoms with Crippen molar-refractivity contribution in [2.24, 2.45) is 0 Å². The zero-order chi connectivity index (χ0) is 29.2. The van der Waals surface area contributed by atoms with Crippen molar-refractivity contribution >= 4 is 48.4 Å². The number of hydrogen-bond acceptors (Lipinski definition) is 11. The summed E-state index contributed by atoms with van der Waals surface area (Å²) in [5.74, 6) is 0.473. The predicted molar refractivity (Wildman–Crippen MR) is 154 cm³/mol. The summed E-state index contributed by atoms with van der Waals surface area (Å²) in [6, 6.07) is 1.04. The number of carbonyl (C=O) groups excluding carboxylic acids is 1. The van der Waals surface area contributed by atoms with Gasteiger partial charge in [0.2, 0.25) is 5.95 Å². The molecule has 4 rings (SSSR count). The molecule has 2 N–H and O–H groups in total. The van der Waals surface area contributed by atoms with E-state index in [4.69, 9.17) is 30.9 Å². The zero-order valence-electron chi connectivity index (χ0n) is 24.4. The summed E-state index contributed by atoms with van der Waals surface area (Å²) in [6.45, 7) is 16.0. The lowest BCUT2D eigenvalue weighted by molar-refractivity contribution is -0.109. The SMILES string of the molecule is CCn1cc(Nc2nc(ON3CN(C(=O)OC(C)(C)C)N(C)N3)c3c(Cl)cn(COCC[Si](C)(C)C)c3n2)cn1. The Hall–Kier alpha value is -2.95. The van der Waals surface area contributed by atoms with Crippen LogP contribution in [-0.2, 0) is 22.7 Å². The molecular formula is C24H39ClN10O4Si. The van der Waals surface area contributed by atoms with Gasteiger partial charge < -0.3 is 24.2 Å². The van der Waals surface area contributed by atoms with Crippen LogP contribution in [0.3, 0.4) is 0 Å². The number of fused-ring (bicyclic) bond motifs is 1. The lowest BCUT2D eigenvalue weighted by Crippen LogP contribution is -2.45. The number of hydroxylamine groups is 1. The van der Waals surface area contributed by atoms with Gasteiger partial charge >= 0.3 is 6.09 Å². The molecular weight excluding hydrogens is 556 g/mol. The van der Waals surface area contributed by atoms with Gasteiger partial charge in [-0.15, -0.1) is 10.7 Å². The maximum Gasteiger partial charge on any atom is 0.427 e. The summed E-state index contributed by atoms with van der Waals surface area (Å²) >= 11 is 6.67. The first-order valence-corrected chi connectivity index (χ1v) is 17.2. The minimum Gasteiger partial charge on any atom is -0.443 e. The number of hydrazine groups is 3. The van der Waals surface area contributed by atoms with E-state index in [1.54, 1.807) is 44.9 Å². The number of rotatable bonds is 10. The van der Waals surface area contributed by atoms with Crippen molar-refractivity contribution in [3.8, 4) is 5.88 Å². The van der Waals surface area contributed by atoms with Crippen molar-refractivity contribution in [2.75, 3.05) is 25.6 Å². The van der Waals surface area contributed by atoms with Crippen LogP contribution in [0.5, 0.6) is 5.88 Å². The summed E-state index contributed by atoms with van der Waals surface area (Å²) in [5, 5.41) is 12.6. The molecule has 0 aromatic carbocycles. The van der Waals surface area contributed by atoms with Gasteiger partial charge in [0.15, 0.2) is 5.65 Å². The molecule has 16 heteroatoms. The lowest BCUT2D eigenvalue weighted by atomic mass is 10.2. The van der Waals surface area contributed by atoms with E-state index in [0.29, 0.717) is 22.7 Å². The Morgan fingerprint density at radius 3 is 2.62 bits per heavy atom. The summed E-state index contributed by atoms with van der Waals surface area (Å²) in [4.78, 5) is 28.1. The second kappa shape index (κ2) is 11.9. The molecule has 3 aromatic rings. The van der Waals surface area contributed by atoms with Crippen LogP contribution in [0.2, 0.25) is 30.7 Å². The molecule has 40 heavy (non-hydrogen) atoms. The number of halogens is 1. The monoisotopic (exact) mass is 594 g/mol. The third-order valence-corrected chi connectivity index (χ3v) is 7.75. The fraction of sp³-hybridized carbons (Fsp3) is 0.583. The highest BCUT2D eigenvalue weighted by molar-refractivity contribution is 6.76. The van der Waals surface area contributed by atoms with Crippen LogP contribution in [0, 0.1) is 0 Å². The van der Waals surface area contributed by atoms with E-state index in [0.717, 1.165) is 18.3 Å². The molecule has 1 amide bonds. The van der Waals surface area contributed by atoms with Crippen LogP contribution >= 0.6 is 11.6 Å². The Labute approximate surface area is 240 Å². The summed E-state index contributed by atoms with van der Waals surface area (Å²) in [5.41, 5.74) is 3.56. The minimum atomic E-state index is -1.24. The standard InChI is InChI=1S/C24H39ClN10O4Si/c1-9-33-13-17(12-26-33)27-22-28-20-19(18(25)14-32(20)16-37-10-11-40(6,7)8)21(29-22)39-35-15-34(31(5)30-35)23(36)38-24(2,3)4/h12-14,30H,9-11,15-16H2,1-8H3,(H,27,28,29). The Morgan fingerprint density at radius 2 is 1.98 bits per heavy atom. The number of ether oxygens (including phenoxy) is 2. The van der Waals surface area contributed by atoms with E-state index in [1.807, 2.05) is 17.7 Å². The molecule has 0 unspecified atom stereocenters. The van der Waals surface area contributed by atoms with Crippen LogP contribution in [0.15, 0.2) is 18.6 Å². The summed E-state index contributed by atoms with van der Waals surface area (Å²) in [6.07, 6.45) is 4.77. The molecule has 220 valence electrons. The van der Waals surface area contributed by atoms with Gasteiger partial charge in [-0.3, -0.25) is 4.68 Å². The number of aromatic nitrogens is 5. The van der Waals surface area contributed by atoms with Gasteiger partial charge in [0.25, 0.3) is 5.88 Å². The van der Waals surface area contributed by atoms with Crippen molar-refractivity contribution < 1.29 is 19.1 Å². The molecule has 0 spiro atoms. The van der Waals surface area contributed by atoms with E-state index in [9.17, 15) is 4.79 Å².